The van der Waals surface area contributed by atoms with Crippen LogP contribution in [0, 0.1) is 0 Å². The summed E-state index contributed by atoms with van der Waals surface area (Å²) < 4.78 is 5.66. The molecule has 0 bridgehead atoms. The molecule has 0 amide bonds. The minimum atomic E-state index is -0.920. The van der Waals surface area contributed by atoms with E-state index in [-0.39, 0.29) is 44.4 Å². The van der Waals surface area contributed by atoms with Gasteiger partial charge in [-0.2, -0.15) is 0 Å². The molecule has 0 aliphatic rings. The maximum absolute atomic E-state index is 12.9. The Labute approximate surface area is 276 Å². The van der Waals surface area contributed by atoms with E-state index in [0.717, 1.165) is 27.5 Å². The predicted octanol–water partition coefficient (Wildman–Crippen LogP) is 2.72. The number of carboxylic acid groups (broad SMARTS) is 2. The van der Waals surface area contributed by atoms with E-state index in [1.54, 1.807) is 16.8 Å². The molecule has 0 fully saturated rings. The molecular formula is C36H48N4O7. The number of Topliss-reactive ketones (excluding diaryl/α,β-unsaturated/α-hetero) is 2. The number of nitrogens with two attached hydrogens (primary N) is 1. The summed E-state index contributed by atoms with van der Waals surface area (Å²) in [7, 11) is 1.71. The first-order valence-electron chi connectivity index (χ1n) is 16.0. The second-order valence-electron chi connectivity index (χ2n) is 12.0. The zero-order valence-corrected chi connectivity index (χ0v) is 27.5. The molecule has 0 heterocycles. The molecule has 0 aromatic heterocycles. The quantitative estimate of drug-likeness (QED) is 0.139. The van der Waals surface area contributed by atoms with E-state index in [1.165, 1.54) is 0 Å². The highest BCUT2D eigenvalue weighted by atomic mass is 16.5. The molecule has 0 saturated heterocycles. The Morgan fingerprint density at radius 3 is 2.06 bits per heavy atom. The lowest BCUT2D eigenvalue weighted by Gasteiger charge is -2.27. The van der Waals surface area contributed by atoms with E-state index in [0.29, 0.717) is 52.0 Å². The van der Waals surface area contributed by atoms with Gasteiger partial charge in [0, 0.05) is 32.6 Å². The molecule has 0 aliphatic carbocycles. The molecule has 11 heteroatoms. The molecule has 3 aromatic rings. The molecular weight excluding hydrogens is 600 g/mol. The number of carboxylic acids is 2. The Bertz CT molecular complexity index is 1460. The third-order valence-corrected chi connectivity index (χ3v) is 8.05. The van der Waals surface area contributed by atoms with Crippen LogP contribution in [0.3, 0.4) is 0 Å². The highest BCUT2D eigenvalue weighted by Crippen LogP contribution is 2.17. The third-order valence-electron chi connectivity index (χ3n) is 8.05. The molecule has 0 aliphatic heterocycles. The number of benzene rings is 3. The monoisotopic (exact) mass is 648 g/mol. The van der Waals surface area contributed by atoms with Gasteiger partial charge in [-0.15, -0.1) is 0 Å². The van der Waals surface area contributed by atoms with Crippen LogP contribution in [0.15, 0.2) is 66.7 Å². The van der Waals surface area contributed by atoms with Crippen molar-refractivity contribution in [2.75, 3.05) is 66.0 Å². The molecule has 47 heavy (non-hydrogen) atoms. The number of aryl methyl sites for hydroxylation is 1. The van der Waals surface area contributed by atoms with Gasteiger partial charge >= 0.3 is 11.9 Å². The van der Waals surface area contributed by atoms with Gasteiger partial charge in [-0.25, -0.2) is 0 Å². The van der Waals surface area contributed by atoms with Crippen LogP contribution >= 0.6 is 0 Å². The van der Waals surface area contributed by atoms with Gasteiger partial charge < -0.3 is 20.7 Å². The molecule has 1 atom stereocenters. The number of carbonyl (C=O) groups is 4. The van der Waals surface area contributed by atoms with Gasteiger partial charge in [0.25, 0.3) is 0 Å². The van der Waals surface area contributed by atoms with Crippen LogP contribution < -0.4 is 5.73 Å². The first kappa shape index (κ1) is 37.5. The van der Waals surface area contributed by atoms with Gasteiger partial charge in [-0.05, 0) is 53.9 Å². The molecule has 0 unspecified atom stereocenters. The van der Waals surface area contributed by atoms with Crippen molar-refractivity contribution in [3.05, 3.63) is 83.4 Å². The maximum Gasteiger partial charge on any atom is 0.317 e. The van der Waals surface area contributed by atoms with Crippen molar-refractivity contribution in [2.24, 2.45) is 5.73 Å². The van der Waals surface area contributed by atoms with E-state index in [2.05, 4.69) is 6.07 Å². The summed E-state index contributed by atoms with van der Waals surface area (Å²) in [6.45, 7) is 4.65. The summed E-state index contributed by atoms with van der Waals surface area (Å²) in [5.74, 6) is -1.92. The SMILES string of the molecule is CCN(CCN(CCN(C)CC(=O)O)CC(=O)CCc1ccc(COCC(=O)[C@H](N)Cc2ccc3ccccc3c2)cc1)CC(=O)O. The maximum atomic E-state index is 12.9. The highest BCUT2D eigenvalue weighted by Gasteiger charge is 2.17. The van der Waals surface area contributed by atoms with Gasteiger partial charge in [0.2, 0.25) is 0 Å². The van der Waals surface area contributed by atoms with E-state index in [1.807, 2.05) is 72.5 Å². The Balaban J connectivity index is 1.42. The first-order chi connectivity index (χ1) is 22.5. The minimum absolute atomic E-state index is 0.0538. The number of rotatable bonds is 23. The number of likely N-dealkylation sites (N-methyl/N-ethyl adjacent to an activating group) is 2. The average molecular weight is 649 g/mol. The fraction of sp³-hybridized carbons (Fsp3) is 0.444. The lowest BCUT2D eigenvalue weighted by Crippen LogP contribution is -2.43. The van der Waals surface area contributed by atoms with Crippen molar-refractivity contribution in [3.8, 4) is 0 Å². The minimum Gasteiger partial charge on any atom is -0.480 e. The highest BCUT2D eigenvalue weighted by molar-refractivity contribution is 5.86. The number of ketones is 2. The normalized spacial score (nSPS) is 12.2. The number of ether oxygens (including phenoxy) is 1. The largest absolute Gasteiger partial charge is 0.480 e. The summed E-state index contributed by atoms with van der Waals surface area (Å²) in [4.78, 5) is 53.1. The van der Waals surface area contributed by atoms with E-state index >= 15 is 0 Å². The third kappa shape index (κ3) is 14.1. The van der Waals surface area contributed by atoms with E-state index in [4.69, 9.17) is 20.7 Å². The number of nitrogens with zero attached hydrogens (tertiary/aromatic N) is 3. The number of aliphatic carboxylic acids is 2. The van der Waals surface area contributed by atoms with Crippen LogP contribution in [0.2, 0.25) is 0 Å². The molecule has 254 valence electrons. The molecule has 0 spiro atoms. The van der Waals surface area contributed by atoms with Crippen LogP contribution in [-0.2, 0) is 43.4 Å². The van der Waals surface area contributed by atoms with Crippen molar-refractivity contribution in [1.82, 2.24) is 14.7 Å². The van der Waals surface area contributed by atoms with Crippen LogP contribution in [0.5, 0.6) is 0 Å². The molecule has 0 saturated carbocycles. The number of hydrogen-bond acceptors (Lipinski definition) is 9. The second kappa shape index (κ2) is 19.6. The average Bonchev–Trinajstić information content (AvgIpc) is 3.04. The Hall–Kier alpha value is -4.00. The van der Waals surface area contributed by atoms with Gasteiger partial charge in [0.15, 0.2) is 5.78 Å². The Morgan fingerprint density at radius 1 is 0.766 bits per heavy atom. The van der Waals surface area contributed by atoms with Crippen molar-refractivity contribution in [3.63, 3.8) is 0 Å². The first-order valence-corrected chi connectivity index (χ1v) is 16.0. The summed E-state index contributed by atoms with van der Waals surface area (Å²) in [5, 5.41) is 20.4. The molecule has 3 rings (SSSR count). The van der Waals surface area contributed by atoms with Crippen molar-refractivity contribution >= 4 is 34.3 Å². The van der Waals surface area contributed by atoms with Gasteiger partial charge in [0.05, 0.1) is 32.3 Å². The lowest BCUT2D eigenvalue weighted by atomic mass is 10.0. The lowest BCUT2D eigenvalue weighted by molar-refractivity contribution is -0.139. The standard InChI is InChI=1S/C36H48N4O7/c1-3-39(24-36(45)46)18-19-40(17-16-38(2)23-35(43)44)22-32(41)15-13-27-8-10-28(11-9-27)25-47-26-34(42)33(37)21-29-12-14-30-6-4-5-7-31(30)20-29/h4-12,14,20,33H,3,13,15-19,21-26,37H2,1-2H3,(H,43,44)(H,45,46)/t33-/m1/s1. The number of hydrogen-bond donors (Lipinski definition) is 3. The fourth-order valence-corrected chi connectivity index (χ4v) is 5.24. The van der Waals surface area contributed by atoms with Crippen LogP contribution in [-0.4, -0.2) is 120 Å². The van der Waals surface area contributed by atoms with Crippen molar-refractivity contribution in [2.45, 2.75) is 38.8 Å². The van der Waals surface area contributed by atoms with E-state index < -0.39 is 18.0 Å². The topological polar surface area (TPSA) is 154 Å². The van der Waals surface area contributed by atoms with Crippen molar-refractivity contribution in [1.29, 1.82) is 0 Å². The molecule has 0 radical (unpaired) electrons. The molecule has 3 aromatic carbocycles. The Kier molecular flexibility index (Phi) is 15.6. The fourth-order valence-electron chi connectivity index (χ4n) is 5.24. The molecule has 11 nitrogen and oxygen atoms in total. The summed E-state index contributed by atoms with van der Waals surface area (Å²) in [6.07, 6.45) is 1.35. The van der Waals surface area contributed by atoms with E-state index in [9.17, 15) is 19.2 Å². The van der Waals surface area contributed by atoms with Crippen LogP contribution in [0.25, 0.3) is 10.8 Å². The number of fused-ring (bicyclic) bond motifs is 1. The van der Waals surface area contributed by atoms with Gasteiger partial charge in [-0.1, -0.05) is 73.7 Å². The molecule has 4 N–H and O–H groups in total. The van der Waals surface area contributed by atoms with Crippen LogP contribution in [0.1, 0.15) is 30.0 Å². The van der Waals surface area contributed by atoms with Gasteiger partial charge in [-0.3, -0.25) is 33.9 Å². The summed E-state index contributed by atoms with van der Waals surface area (Å²) >= 11 is 0. The van der Waals surface area contributed by atoms with Gasteiger partial charge in [0.1, 0.15) is 12.4 Å². The summed E-state index contributed by atoms with van der Waals surface area (Å²) in [6, 6.07) is 21.2. The predicted molar refractivity (Wildman–Crippen MR) is 181 cm³/mol. The van der Waals surface area contributed by atoms with Crippen molar-refractivity contribution < 1.29 is 34.1 Å². The summed E-state index contributed by atoms with van der Waals surface area (Å²) in [5.41, 5.74) is 9.10. The van der Waals surface area contributed by atoms with Crippen LogP contribution in [0.4, 0.5) is 0 Å². The smallest absolute Gasteiger partial charge is 0.317 e. The second-order valence-corrected chi connectivity index (χ2v) is 12.0. The number of carbonyl (C=O) groups excluding carboxylic acids is 2. The zero-order chi connectivity index (χ0) is 34.2. The zero-order valence-electron chi connectivity index (χ0n) is 27.5. The Morgan fingerprint density at radius 2 is 1.38 bits per heavy atom.